The minimum atomic E-state index is -0.765. The summed E-state index contributed by atoms with van der Waals surface area (Å²) in [7, 11) is 0. The zero-order valence-electron chi connectivity index (χ0n) is 10.2. The number of carbonyl (C=O) groups excluding carboxylic acids is 1. The van der Waals surface area contributed by atoms with Gasteiger partial charge in [-0.15, -0.1) is 0 Å². The van der Waals surface area contributed by atoms with Gasteiger partial charge in [-0.3, -0.25) is 9.59 Å². The predicted octanol–water partition coefficient (Wildman–Crippen LogP) is 0.354. The van der Waals surface area contributed by atoms with E-state index in [1.165, 1.54) is 0 Å². The van der Waals surface area contributed by atoms with E-state index in [4.69, 9.17) is 5.73 Å². The summed E-state index contributed by atoms with van der Waals surface area (Å²) in [5.74, 6) is -1.20. The third-order valence-corrected chi connectivity index (χ3v) is 4.54. The SMILES string of the molecule is NC1C=CC(C(=O)N2C3CCC2C(C(=O)O)C3)C1. The first-order valence-electron chi connectivity index (χ1n) is 6.57. The van der Waals surface area contributed by atoms with Crippen LogP contribution in [0.1, 0.15) is 25.7 Å². The van der Waals surface area contributed by atoms with E-state index in [0.29, 0.717) is 12.8 Å². The Hall–Kier alpha value is -1.36. The van der Waals surface area contributed by atoms with Crippen molar-refractivity contribution < 1.29 is 14.7 Å². The molecule has 5 atom stereocenters. The molecule has 3 rings (SSSR count). The molecular weight excluding hydrogens is 232 g/mol. The number of nitrogens with zero attached hydrogens (tertiary/aromatic N) is 1. The number of carboxylic acids is 1. The Morgan fingerprint density at radius 1 is 1.22 bits per heavy atom. The number of hydrogen-bond donors (Lipinski definition) is 2. The van der Waals surface area contributed by atoms with Crippen LogP contribution < -0.4 is 5.73 Å². The maximum absolute atomic E-state index is 12.4. The lowest BCUT2D eigenvalue weighted by molar-refractivity contribution is -0.143. The monoisotopic (exact) mass is 250 g/mol. The maximum atomic E-state index is 12.4. The van der Waals surface area contributed by atoms with E-state index < -0.39 is 5.97 Å². The maximum Gasteiger partial charge on any atom is 0.308 e. The number of aliphatic carboxylic acids is 1. The number of hydrogen-bond acceptors (Lipinski definition) is 3. The molecule has 5 heteroatoms. The Morgan fingerprint density at radius 2 is 2.00 bits per heavy atom. The van der Waals surface area contributed by atoms with E-state index in [1.54, 1.807) is 0 Å². The van der Waals surface area contributed by atoms with Crippen LogP contribution >= 0.6 is 0 Å². The van der Waals surface area contributed by atoms with Crippen molar-refractivity contribution in [1.82, 2.24) is 4.90 Å². The highest BCUT2D eigenvalue weighted by Crippen LogP contribution is 2.43. The van der Waals surface area contributed by atoms with Crippen LogP contribution in [0.25, 0.3) is 0 Å². The Labute approximate surface area is 106 Å². The predicted molar refractivity (Wildman–Crippen MR) is 64.6 cm³/mol. The van der Waals surface area contributed by atoms with Gasteiger partial charge in [-0.25, -0.2) is 0 Å². The van der Waals surface area contributed by atoms with Gasteiger partial charge in [0.1, 0.15) is 0 Å². The highest BCUT2D eigenvalue weighted by molar-refractivity contribution is 5.84. The second kappa shape index (κ2) is 4.09. The van der Waals surface area contributed by atoms with Crippen molar-refractivity contribution in [2.75, 3.05) is 0 Å². The molecule has 98 valence electrons. The van der Waals surface area contributed by atoms with E-state index in [0.717, 1.165) is 12.8 Å². The number of rotatable bonds is 2. The zero-order valence-corrected chi connectivity index (χ0v) is 10.2. The van der Waals surface area contributed by atoms with Crippen LogP contribution in [0, 0.1) is 11.8 Å². The summed E-state index contributed by atoms with van der Waals surface area (Å²) in [6.07, 6.45) is 6.80. The first-order valence-corrected chi connectivity index (χ1v) is 6.57. The van der Waals surface area contributed by atoms with Gasteiger partial charge in [0.05, 0.1) is 11.8 Å². The molecule has 1 amide bonds. The number of carbonyl (C=O) groups is 2. The summed E-state index contributed by atoms with van der Waals surface area (Å²) in [5, 5.41) is 9.17. The van der Waals surface area contributed by atoms with Gasteiger partial charge in [-0.05, 0) is 25.7 Å². The molecule has 2 fully saturated rings. The Bertz CT molecular complexity index is 420. The van der Waals surface area contributed by atoms with Gasteiger partial charge >= 0.3 is 5.97 Å². The van der Waals surface area contributed by atoms with Gasteiger partial charge in [0.25, 0.3) is 0 Å². The van der Waals surface area contributed by atoms with Crippen molar-refractivity contribution in [3.05, 3.63) is 12.2 Å². The van der Waals surface area contributed by atoms with E-state index in [1.807, 2.05) is 17.1 Å². The second-order valence-electron chi connectivity index (χ2n) is 5.62. The largest absolute Gasteiger partial charge is 0.481 e. The molecule has 18 heavy (non-hydrogen) atoms. The van der Waals surface area contributed by atoms with Gasteiger partial charge in [-0.1, -0.05) is 12.2 Å². The highest BCUT2D eigenvalue weighted by atomic mass is 16.4. The zero-order chi connectivity index (χ0) is 12.9. The van der Waals surface area contributed by atoms with E-state index in [2.05, 4.69) is 0 Å². The molecule has 2 saturated heterocycles. The fourth-order valence-electron chi connectivity index (χ4n) is 3.70. The molecule has 5 unspecified atom stereocenters. The molecule has 0 aromatic heterocycles. The molecule has 0 spiro atoms. The summed E-state index contributed by atoms with van der Waals surface area (Å²) < 4.78 is 0. The van der Waals surface area contributed by atoms with Gasteiger partial charge in [-0.2, -0.15) is 0 Å². The Morgan fingerprint density at radius 3 is 2.56 bits per heavy atom. The molecule has 0 radical (unpaired) electrons. The Balaban J connectivity index is 1.76. The van der Waals surface area contributed by atoms with Crippen LogP contribution in [0.4, 0.5) is 0 Å². The van der Waals surface area contributed by atoms with Gasteiger partial charge in [0.15, 0.2) is 0 Å². The summed E-state index contributed by atoms with van der Waals surface area (Å²) in [4.78, 5) is 25.4. The molecule has 1 aliphatic carbocycles. The van der Waals surface area contributed by atoms with Crippen molar-refractivity contribution in [3.8, 4) is 0 Å². The molecule has 5 nitrogen and oxygen atoms in total. The molecule has 3 N–H and O–H groups in total. The van der Waals surface area contributed by atoms with E-state index in [9.17, 15) is 14.7 Å². The molecule has 0 aromatic carbocycles. The molecule has 3 aliphatic rings. The van der Waals surface area contributed by atoms with Crippen LogP contribution in [0.15, 0.2) is 12.2 Å². The number of fused-ring (bicyclic) bond motifs is 2. The molecule has 2 bridgehead atoms. The molecule has 0 saturated carbocycles. The lowest BCUT2D eigenvalue weighted by Crippen LogP contribution is -2.41. The minimum Gasteiger partial charge on any atom is -0.481 e. The van der Waals surface area contributed by atoms with E-state index in [-0.39, 0.29) is 35.9 Å². The third kappa shape index (κ3) is 1.65. The highest BCUT2D eigenvalue weighted by Gasteiger charge is 2.52. The molecular formula is C13H18N2O3. The number of nitrogens with two attached hydrogens (primary N) is 1. The van der Waals surface area contributed by atoms with Gasteiger partial charge in [0, 0.05) is 18.1 Å². The fourth-order valence-corrected chi connectivity index (χ4v) is 3.70. The van der Waals surface area contributed by atoms with Crippen molar-refractivity contribution >= 4 is 11.9 Å². The van der Waals surface area contributed by atoms with Gasteiger partial charge < -0.3 is 15.7 Å². The topological polar surface area (TPSA) is 83.6 Å². The summed E-state index contributed by atoms with van der Waals surface area (Å²) in [5.41, 5.74) is 5.77. The second-order valence-corrected chi connectivity index (χ2v) is 5.62. The van der Waals surface area contributed by atoms with Crippen molar-refractivity contribution in [2.24, 2.45) is 17.6 Å². The first kappa shape index (κ1) is 11.7. The van der Waals surface area contributed by atoms with Crippen LogP contribution in [0.2, 0.25) is 0 Å². The van der Waals surface area contributed by atoms with Crippen LogP contribution in [-0.4, -0.2) is 40.0 Å². The average molecular weight is 250 g/mol. The summed E-state index contributed by atoms with van der Waals surface area (Å²) in [6.45, 7) is 0. The molecule has 2 heterocycles. The first-order chi connectivity index (χ1) is 8.58. The third-order valence-electron chi connectivity index (χ3n) is 4.54. The molecule has 2 aliphatic heterocycles. The summed E-state index contributed by atoms with van der Waals surface area (Å²) in [6, 6.07) is 0.00789. The quantitative estimate of drug-likeness (QED) is 0.693. The normalized spacial score (nSPS) is 41.6. The summed E-state index contributed by atoms with van der Waals surface area (Å²) >= 11 is 0. The van der Waals surface area contributed by atoms with Crippen LogP contribution in [0.3, 0.4) is 0 Å². The average Bonchev–Trinajstić information content (AvgIpc) is 3.01. The van der Waals surface area contributed by atoms with Gasteiger partial charge in [0.2, 0.25) is 5.91 Å². The van der Waals surface area contributed by atoms with Crippen molar-refractivity contribution in [3.63, 3.8) is 0 Å². The lowest BCUT2D eigenvalue weighted by Gasteiger charge is -2.25. The van der Waals surface area contributed by atoms with Crippen LogP contribution in [0.5, 0.6) is 0 Å². The Kier molecular flexibility index (Phi) is 2.66. The lowest BCUT2D eigenvalue weighted by atomic mass is 9.89. The van der Waals surface area contributed by atoms with Crippen LogP contribution in [-0.2, 0) is 9.59 Å². The minimum absolute atomic E-state index is 0.0329. The van der Waals surface area contributed by atoms with E-state index >= 15 is 0 Å². The molecule has 0 aromatic rings. The number of amides is 1. The standard InChI is InChI=1S/C13H18N2O3/c14-8-2-1-7(5-8)12(16)15-9-3-4-11(15)10(6-9)13(17)18/h1-2,7-11H,3-6,14H2,(H,17,18). The van der Waals surface area contributed by atoms with Crippen molar-refractivity contribution in [1.29, 1.82) is 0 Å². The fraction of sp³-hybridized carbons (Fsp3) is 0.692. The number of carboxylic acid groups (broad SMARTS) is 1. The smallest absolute Gasteiger partial charge is 0.308 e. The van der Waals surface area contributed by atoms with Crippen molar-refractivity contribution in [2.45, 2.75) is 43.8 Å².